The van der Waals surface area contributed by atoms with Gasteiger partial charge in [-0.15, -0.1) is 0 Å². The third-order valence-corrected chi connectivity index (χ3v) is 1.52. The van der Waals surface area contributed by atoms with E-state index in [-0.39, 0.29) is 6.54 Å². The molecule has 0 unspecified atom stereocenters. The highest BCUT2D eigenvalue weighted by Crippen LogP contribution is 2.15. The van der Waals surface area contributed by atoms with Crippen LogP contribution in [0.1, 0.15) is 5.82 Å². The van der Waals surface area contributed by atoms with Crippen LogP contribution in [0, 0.1) is 0 Å². The summed E-state index contributed by atoms with van der Waals surface area (Å²) in [6, 6.07) is 0. The molecule has 0 aliphatic carbocycles. The van der Waals surface area contributed by atoms with Crippen LogP contribution in [-0.4, -0.2) is 46.0 Å². The summed E-state index contributed by atoms with van der Waals surface area (Å²) in [5, 5.41) is 5.99. The molecule has 1 aromatic heterocycles. The highest BCUT2D eigenvalue weighted by Gasteiger charge is 2.30. The number of carbonyl (C=O) groups is 1. The van der Waals surface area contributed by atoms with E-state index in [9.17, 15) is 18.0 Å². The predicted molar refractivity (Wildman–Crippen MR) is 45.3 cm³/mol. The number of nitrogens with zero attached hydrogens (tertiary/aromatic N) is 3. The topological polar surface area (TPSA) is 71.1 Å². The molecular weight excluding hydrogens is 229 g/mol. The van der Waals surface area contributed by atoms with E-state index >= 15 is 0 Å². The van der Waals surface area contributed by atoms with E-state index in [2.05, 4.69) is 19.9 Å². The molecule has 90 valence electrons. The van der Waals surface area contributed by atoms with Crippen LogP contribution < -0.4 is 0 Å². The Hall–Kier alpha value is -1.80. The second kappa shape index (κ2) is 4.81. The van der Waals surface area contributed by atoms with Crippen molar-refractivity contribution in [2.45, 2.75) is 12.7 Å². The van der Waals surface area contributed by atoms with Gasteiger partial charge in [0.05, 0.1) is 6.54 Å². The summed E-state index contributed by atoms with van der Waals surface area (Å²) in [4.78, 5) is 15.7. The van der Waals surface area contributed by atoms with Crippen molar-refractivity contribution >= 4 is 6.09 Å². The number of rotatable bonds is 3. The average molecular weight is 238 g/mol. The summed E-state index contributed by atoms with van der Waals surface area (Å²) < 4.78 is 39.2. The number of H-pyrrole nitrogens is 1. The number of amides is 1. The fourth-order valence-electron chi connectivity index (χ4n) is 0.850. The molecule has 6 nitrogen and oxygen atoms in total. The summed E-state index contributed by atoms with van der Waals surface area (Å²) in [6.45, 7) is -1.61. The van der Waals surface area contributed by atoms with Gasteiger partial charge in [0.25, 0.3) is 0 Å². The second-order valence-corrected chi connectivity index (χ2v) is 2.96. The maximum absolute atomic E-state index is 11.7. The highest BCUT2D eigenvalue weighted by atomic mass is 19.4. The van der Waals surface area contributed by atoms with Gasteiger partial charge in [-0.3, -0.25) is 5.10 Å². The van der Waals surface area contributed by atoms with Crippen molar-refractivity contribution in [3.05, 3.63) is 12.2 Å². The van der Waals surface area contributed by atoms with Crippen molar-refractivity contribution in [2.24, 2.45) is 0 Å². The van der Waals surface area contributed by atoms with E-state index in [1.165, 1.54) is 13.4 Å². The van der Waals surface area contributed by atoms with Gasteiger partial charge >= 0.3 is 12.3 Å². The van der Waals surface area contributed by atoms with Crippen molar-refractivity contribution in [2.75, 3.05) is 13.7 Å². The first-order chi connectivity index (χ1) is 7.38. The van der Waals surface area contributed by atoms with Gasteiger partial charge in [-0.25, -0.2) is 9.78 Å². The third-order valence-electron chi connectivity index (χ3n) is 1.52. The molecule has 1 heterocycles. The molecule has 1 amide bonds. The SMILES string of the molecule is CN(Cc1ncn[nH]1)C(=O)OCC(F)(F)F. The number of alkyl halides is 3. The normalized spacial score (nSPS) is 11.2. The van der Waals surface area contributed by atoms with Gasteiger partial charge in [0, 0.05) is 7.05 Å². The van der Waals surface area contributed by atoms with Crippen molar-refractivity contribution in [3.8, 4) is 0 Å². The Balaban J connectivity index is 2.37. The summed E-state index contributed by atoms with van der Waals surface area (Å²) in [5.41, 5.74) is 0. The summed E-state index contributed by atoms with van der Waals surface area (Å²) in [6.07, 6.45) is -4.37. The Labute approximate surface area is 88.4 Å². The zero-order chi connectivity index (χ0) is 12.2. The van der Waals surface area contributed by atoms with Crippen LogP contribution in [0.3, 0.4) is 0 Å². The molecule has 1 aromatic rings. The molecule has 0 saturated heterocycles. The van der Waals surface area contributed by atoms with Gasteiger partial charge in [-0.1, -0.05) is 0 Å². The lowest BCUT2D eigenvalue weighted by Gasteiger charge is -2.16. The zero-order valence-electron chi connectivity index (χ0n) is 8.28. The van der Waals surface area contributed by atoms with E-state index in [0.29, 0.717) is 5.82 Å². The van der Waals surface area contributed by atoms with Crippen molar-refractivity contribution < 1.29 is 22.7 Å². The quantitative estimate of drug-likeness (QED) is 0.850. The van der Waals surface area contributed by atoms with Gasteiger partial charge in [0.2, 0.25) is 0 Å². The molecule has 0 radical (unpaired) electrons. The molecule has 0 fully saturated rings. The number of ether oxygens (including phenoxy) is 1. The standard InChI is InChI=1S/C7H9F3N4O2/c1-14(2-5-11-4-12-13-5)6(15)16-3-7(8,9)10/h4H,2-3H2,1H3,(H,11,12,13). The fraction of sp³-hybridized carbons (Fsp3) is 0.571. The van der Waals surface area contributed by atoms with Crippen LogP contribution in [0.15, 0.2) is 6.33 Å². The average Bonchev–Trinajstić information content (AvgIpc) is 2.65. The first-order valence-corrected chi connectivity index (χ1v) is 4.17. The lowest BCUT2D eigenvalue weighted by Crippen LogP contribution is -2.31. The van der Waals surface area contributed by atoms with Gasteiger partial charge in [0.15, 0.2) is 6.61 Å². The number of nitrogens with one attached hydrogen (secondary N) is 1. The molecule has 0 spiro atoms. The Kier molecular flexibility index (Phi) is 3.69. The largest absolute Gasteiger partial charge is 0.440 e. The lowest BCUT2D eigenvalue weighted by atomic mass is 10.5. The first kappa shape index (κ1) is 12.3. The maximum Gasteiger partial charge on any atom is 0.422 e. The summed E-state index contributed by atoms with van der Waals surface area (Å²) in [7, 11) is 1.29. The summed E-state index contributed by atoms with van der Waals surface area (Å²) in [5.74, 6) is 0.353. The van der Waals surface area contributed by atoms with E-state index in [4.69, 9.17) is 0 Å². The van der Waals surface area contributed by atoms with E-state index in [1.54, 1.807) is 0 Å². The molecule has 0 atom stereocenters. The molecule has 9 heteroatoms. The molecular formula is C7H9F3N4O2. The van der Waals surface area contributed by atoms with Crippen LogP contribution in [-0.2, 0) is 11.3 Å². The van der Waals surface area contributed by atoms with E-state index < -0.39 is 18.9 Å². The minimum absolute atomic E-state index is 0.00328. The Bertz CT molecular complexity index is 338. The van der Waals surface area contributed by atoms with Crippen LogP contribution in [0.25, 0.3) is 0 Å². The second-order valence-electron chi connectivity index (χ2n) is 2.96. The van der Waals surface area contributed by atoms with Crippen molar-refractivity contribution in [3.63, 3.8) is 0 Å². The first-order valence-electron chi connectivity index (χ1n) is 4.17. The molecule has 0 aromatic carbocycles. The smallest absolute Gasteiger partial charge is 0.422 e. The number of hydrogen-bond acceptors (Lipinski definition) is 4. The van der Waals surface area contributed by atoms with Crippen LogP contribution in [0.5, 0.6) is 0 Å². The van der Waals surface area contributed by atoms with Crippen LogP contribution in [0.4, 0.5) is 18.0 Å². The van der Waals surface area contributed by atoms with Gasteiger partial charge in [-0.05, 0) is 0 Å². The number of halogens is 3. The number of aromatic amines is 1. The van der Waals surface area contributed by atoms with Gasteiger partial charge in [-0.2, -0.15) is 18.3 Å². The summed E-state index contributed by atoms with van der Waals surface area (Å²) >= 11 is 0. The molecule has 16 heavy (non-hydrogen) atoms. The van der Waals surface area contributed by atoms with Gasteiger partial charge < -0.3 is 9.64 Å². The van der Waals surface area contributed by atoms with E-state index in [0.717, 1.165) is 4.90 Å². The monoisotopic (exact) mass is 238 g/mol. The molecule has 0 aliphatic heterocycles. The zero-order valence-corrected chi connectivity index (χ0v) is 8.28. The number of hydrogen-bond donors (Lipinski definition) is 1. The number of carbonyl (C=O) groups excluding carboxylic acids is 1. The molecule has 0 bridgehead atoms. The fourth-order valence-corrected chi connectivity index (χ4v) is 0.850. The molecule has 1 rings (SSSR count). The Morgan fingerprint density at radius 3 is 2.81 bits per heavy atom. The van der Waals surface area contributed by atoms with E-state index in [1.807, 2.05) is 0 Å². The van der Waals surface area contributed by atoms with Crippen molar-refractivity contribution in [1.82, 2.24) is 20.1 Å². The minimum atomic E-state index is -4.53. The maximum atomic E-state index is 11.7. The molecule has 0 aliphatic rings. The van der Waals surface area contributed by atoms with Crippen LogP contribution >= 0.6 is 0 Å². The predicted octanol–water partition coefficient (Wildman–Crippen LogP) is 0.935. The highest BCUT2D eigenvalue weighted by molar-refractivity contribution is 5.67. The van der Waals surface area contributed by atoms with Crippen molar-refractivity contribution in [1.29, 1.82) is 0 Å². The van der Waals surface area contributed by atoms with Gasteiger partial charge in [0.1, 0.15) is 12.2 Å². The Morgan fingerprint density at radius 2 is 2.31 bits per heavy atom. The number of aromatic nitrogens is 3. The molecule has 1 N–H and O–H groups in total. The lowest BCUT2D eigenvalue weighted by molar-refractivity contribution is -0.162. The minimum Gasteiger partial charge on any atom is -0.440 e. The van der Waals surface area contributed by atoms with Crippen LogP contribution in [0.2, 0.25) is 0 Å². The Morgan fingerprint density at radius 1 is 1.62 bits per heavy atom. The molecule has 0 saturated carbocycles. The third kappa shape index (κ3) is 4.15.